The second-order valence-corrected chi connectivity index (χ2v) is 5.22. The molecule has 1 unspecified atom stereocenters. The summed E-state index contributed by atoms with van der Waals surface area (Å²) in [6, 6.07) is 0.198. The Kier molecular flexibility index (Phi) is 3.96. The third kappa shape index (κ3) is 2.87. The van der Waals surface area contributed by atoms with Crippen LogP contribution in [0.5, 0.6) is 0 Å². The molecule has 0 bridgehead atoms. The third-order valence-corrected chi connectivity index (χ3v) is 3.26. The van der Waals surface area contributed by atoms with Crippen LogP contribution >= 0.6 is 0 Å². The Morgan fingerprint density at radius 1 is 1.12 bits per heavy atom. The maximum Gasteiger partial charge on any atom is 0.253 e. The highest BCUT2D eigenvalue weighted by molar-refractivity contribution is 5.74. The summed E-state index contributed by atoms with van der Waals surface area (Å²) in [7, 11) is 0. The number of rotatable bonds is 6. The summed E-state index contributed by atoms with van der Waals surface area (Å²) in [4.78, 5) is 23.0. The molecule has 0 fully saturated rings. The van der Waals surface area contributed by atoms with Crippen LogP contribution in [0.25, 0.3) is 0 Å². The Bertz CT molecular complexity index is 456. The van der Waals surface area contributed by atoms with E-state index in [1.807, 2.05) is 34.6 Å². The summed E-state index contributed by atoms with van der Waals surface area (Å²) in [6.07, 6.45) is 1.80. The van der Waals surface area contributed by atoms with Crippen molar-refractivity contribution >= 4 is 11.4 Å². The molecule has 0 aliphatic rings. The van der Waals surface area contributed by atoms with Crippen molar-refractivity contribution in [2.45, 2.75) is 59.0 Å². The van der Waals surface area contributed by atoms with Crippen molar-refractivity contribution in [3.8, 4) is 0 Å². The minimum atomic E-state index is -0.405. The zero-order chi connectivity index (χ0) is 13.2. The number of hydrogen-bond acceptors (Lipinski definition) is 4. The second kappa shape index (κ2) is 4.90. The molecule has 1 atom stereocenters. The molecule has 0 radical (unpaired) electrons. The molecule has 17 heavy (non-hydrogen) atoms. The van der Waals surface area contributed by atoms with Crippen LogP contribution in [0.4, 0.5) is 11.4 Å². The Hall–Kier alpha value is -1.32. The smallest absolute Gasteiger partial charge is 0.253 e. The number of anilines is 2. The molecule has 4 nitrogen and oxygen atoms in total. The van der Waals surface area contributed by atoms with Crippen LogP contribution in [0.2, 0.25) is 0 Å². The summed E-state index contributed by atoms with van der Waals surface area (Å²) in [5.74, 6) is 0. The Morgan fingerprint density at radius 3 is 2.12 bits per heavy atom. The summed E-state index contributed by atoms with van der Waals surface area (Å²) < 4.78 is 0. The second-order valence-electron chi connectivity index (χ2n) is 5.22. The van der Waals surface area contributed by atoms with Crippen molar-refractivity contribution in [3.63, 3.8) is 0 Å². The van der Waals surface area contributed by atoms with Gasteiger partial charge < -0.3 is 10.6 Å². The Morgan fingerprint density at radius 2 is 1.65 bits per heavy atom. The van der Waals surface area contributed by atoms with Gasteiger partial charge in [0.25, 0.3) is 10.9 Å². The standard InChI is InChI=1S/C13H22N2O2/c1-6-8(3)14-9-10(12(17)11(9)16)15-13(4,5)7-2/h8,14-15H,6-7H2,1-5H3. The van der Waals surface area contributed by atoms with Crippen LogP contribution in [-0.4, -0.2) is 11.6 Å². The van der Waals surface area contributed by atoms with E-state index in [0.717, 1.165) is 12.8 Å². The molecule has 0 amide bonds. The lowest BCUT2D eigenvalue weighted by Crippen LogP contribution is -2.43. The molecule has 96 valence electrons. The van der Waals surface area contributed by atoms with Gasteiger partial charge in [0.1, 0.15) is 11.4 Å². The van der Waals surface area contributed by atoms with Crippen molar-refractivity contribution < 1.29 is 0 Å². The van der Waals surface area contributed by atoms with Gasteiger partial charge in [0.05, 0.1) is 0 Å². The first kappa shape index (κ1) is 13.7. The van der Waals surface area contributed by atoms with Crippen LogP contribution in [0.1, 0.15) is 47.5 Å². The average Bonchev–Trinajstić information content (AvgIpc) is 2.32. The largest absolute Gasteiger partial charge is 0.378 e. The first-order valence-electron chi connectivity index (χ1n) is 6.20. The summed E-state index contributed by atoms with van der Waals surface area (Å²) in [6.45, 7) is 10.1. The quantitative estimate of drug-likeness (QED) is 0.745. The molecule has 4 heteroatoms. The van der Waals surface area contributed by atoms with Gasteiger partial charge in [-0.2, -0.15) is 0 Å². The van der Waals surface area contributed by atoms with Gasteiger partial charge in [-0.15, -0.1) is 0 Å². The van der Waals surface area contributed by atoms with E-state index >= 15 is 0 Å². The topological polar surface area (TPSA) is 58.2 Å². The average molecular weight is 238 g/mol. The predicted molar refractivity (Wildman–Crippen MR) is 72.7 cm³/mol. The van der Waals surface area contributed by atoms with Crippen molar-refractivity contribution in [3.05, 3.63) is 20.4 Å². The van der Waals surface area contributed by atoms with Crippen LogP contribution < -0.4 is 21.5 Å². The fourth-order valence-electron chi connectivity index (χ4n) is 1.42. The SMILES string of the molecule is CCC(C)Nc1c(NC(C)(C)CC)c(=O)c1=O. The normalized spacial score (nSPS) is 13.7. The molecule has 0 aliphatic carbocycles. The fourth-order valence-corrected chi connectivity index (χ4v) is 1.42. The maximum atomic E-state index is 11.5. The van der Waals surface area contributed by atoms with Gasteiger partial charge >= 0.3 is 0 Å². The van der Waals surface area contributed by atoms with Crippen molar-refractivity contribution in [2.24, 2.45) is 0 Å². The molecule has 0 saturated carbocycles. The van der Waals surface area contributed by atoms with Crippen molar-refractivity contribution in [2.75, 3.05) is 10.6 Å². The zero-order valence-corrected chi connectivity index (χ0v) is 11.3. The molecule has 0 aliphatic heterocycles. The predicted octanol–water partition coefficient (Wildman–Crippen LogP) is 2.09. The Balaban J connectivity index is 2.91. The molecule has 0 spiro atoms. The molecule has 2 N–H and O–H groups in total. The molecular weight excluding hydrogens is 216 g/mol. The fraction of sp³-hybridized carbons (Fsp3) is 0.692. The van der Waals surface area contributed by atoms with Gasteiger partial charge in [0, 0.05) is 11.6 Å². The molecule has 1 rings (SSSR count). The molecule has 0 aromatic heterocycles. The molecule has 0 heterocycles. The molecule has 1 aromatic carbocycles. The van der Waals surface area contributed by atoms with Crippen molar-refractivity contribution in [1.29, 1.82) is 0 Å². The third-order valence-electron chi connectivity index (χ3n) is 3.26. The van der Waals surface area contributed by atoms with Crippen LogP contribution in [0, 0.1) is 0 Å². The van der Waals surface area contributed by atoms with E-state index in [1.54, 1.807) is 0 Å². The number of nitrogens with one attached hydrogen (secondary N) is 2. The highest BCUT2D eigenvalue weighted by Gasteiger charge is 2.26. The first-order valence-corrected chi connectivity index (χ1v) is 6.20. The summed E-state index contributed by atoms with van der Waals surface area (Å²) in [5.41, 5.74) is -0.0845. The lowest BCUT2D eigenvalue weighted by Gasteiger charge is -2.28. The minimum Gasteiger partial charge on any atom is -0.378 e. The van der Waals surface area contributed by atoms with E-state index in [9.17, 15) is 9.59 Å². The highest BCUT2D eigenvalue weighted by Crippen LogP contribution is 2.22. The van der Waals surface area contributed by atoms with Gasteiger partial charge in [-0.25, -0.2) is 0 Å². The van der Waals surface area contributed by atoms with Gasteiger partial charge in [-0.1, -0.05) is 13.8 Å². The summed E-state index contributed by atoms with van der Waals surface area (Å²) >= 11 is 0. The van der Waals surface area contributed by atoms with E-state index < -0.39 is 10.9 Å². The minimum absolute atomic E-state index is 0.173. The van der Waals surface area contributed by atoms with Crippen LogP contribution in [0.15, 0.2) is 9.59 Å². The van der Waals surface area contributed by atoms with Gasteiger partial charge in [0.15, 0.2) is 0 Å². The first-order chi connectivity index (χ1) is 7.82. The van der Waals surface area contributed by atoms with E-state index in [0.29, 0.717) is 11.4 Å². The lowest BCUT2D eigenvalue weighted by atomic mass is 10.00. The number of hydrogen-bond donors (Lipinski definition) is 2. The lowest BCUT2D eigenvalue weighted by molar-refractivity contribution is 0.546. The van der Waals surface area contributed by atoms with Crippen LogP contribution in [-0.2, 0) is 0 Å². The molecule has 0 saturated heterocycles. The summed E-state index contributed by atoms with van der Waals surface area (Å²) in [5, 5.41) is 6.24. The molecule has 1 aromatic rings. The van der Waals surface area contributed by atoms with Gasteiger partial charge in [-0.3, -0.25) is 9.59 Å². The maximum absolute atomic E-state index is 11.5. The van der Waals surface area contributed by atoms with Gasteiger partial charge in [-0.05, 0) is 33.6 Å². The van der Waals surface area contributed by atoms with Gasteiger partial charge in [0.2, 0.25) is 0 Å². The highest BCUT2D eigenvalue weighted by atomic mass is 16.2. The van der Waals surface area contributed by atoms with E-state index in [-0.39, 0.29) is 11.6 Å². The van der Waals surface area contributed by atoms with E-state index in [2.05, 4.69) is 10.6 Å². The Labute approximate surface area is 102 Å². The zero-order valence-electron chi connectivity index (χ0n) is 11.3. The van der Waals surface area contributed by atoms with Crippen molar-refractivity contribution in [1.82, 2.24) is 0 Å². The molecular formula is C13H22N2O2. The van der Waals surface area contributed by atoms with E-state index in [1.165, 1.54) is 0 Å². The van der Waals surface area contributed by atoms with Crippen LogP contribution in [0.3, 0.4) is 0 Å². The monoisotopic (exact) mass is 238 g/mol. The van der Waals surface area contributed by atoms with E-state index in [4.69, 9.17) is 0 Å².